The molecule has 0 heterocycles. The van der Waals surface area contributed by atoms with Crippen molar-refractivity contribution < 1.29 is 42.9 Å². The fraction of sp³-hybridized carbons (Fsp3) is 0.444. The number of thioether (sulfide) groups is 1. The largest absolute Gasteiger partial charge is 0.508 e. The Kier molecular flexibility index (Phi) is 8.33. The number of ketones is 1. The topological polar surface area (TPSA) is 134 Å². The molecule has 0 bridgehead atoms. The summed E-state index contributed by atoms with van der Waals surface area (Å²) in [5, 5.41) is 30.3. The van der Waals surface area contributed by atoms with E-state index in [2.05, 4.69) is 0 Å². The van der Waals surface area contributed by atoms with E-state index in [0.717, 1.165) is 16.5 Å². The predicted molar refractivity (Wildman–Crippen MR) is 167 cm³/mol. The smallest absolute Gasteiger partial charge is 0.352 e. The number of halogens is 2. The van der Waals surface area contributed by atoms with Crippen molar-refractivity contribution in [3.05, 3.63) is 83.5 Å². The summed E-state index contributed by atoms with van der Waals surface area (Å²) in [5.41, 5.74) is -6.28. The van der Waals surface area contributed by atoms with Gasteiger partial charge < -0.3 is 19.7 Å². The van der Waals surface area contributed by atoms with E-state index >= 15 is 8.78 Å². The van der Waals surface area contributed by atoms with Gasteiger partial charge in [0.1, 0.15) is 18.0 Å². The molecule has 0 radical (unpaired) electrons. The third-order valence-corrected chi connectivity index (χ3v) is 12.1. The van der Waals surface area contributed by atoms with Crippen LogP contribution in [0.5, 0.6) is 5.75 Å². The van der Waals surface area contributed by atoms with Crippen LogP contribution in [0.25, 0.3) is 0 Å². The number of esters is 2. The maximum Gasteiger partial charge on any atom is 0.352 e. The predicted octanol–water partition coefficient (Wildman–Crippen LogP) is 5.97. The maximum atomic E-state index is 17.5. The van der Waals surface area contributed by atoms with E-state index in [4.69, 9.17) is 14.7 Å². The summed E-state index contributed by atoms with van der Waals surface area (Å²) in [6.45, 7) is 2.52. The van der Waals surface area contributed by atoms with Crippen molar-refractivity contribution in [2.24, 2.45) is 22.7 Å². The lowest BCUT2D eigenvalue weighted by Crippen LogP contribution is -2.70. The van der Waals surface area contributed by atoms with Gasteiger partial charge in [-0.15, -0.1) is 11.8 Å². The van der Waals surface area contributed by atoms with Crippen molar-refractivity contribution in [3.63, 3.8) is 0 Å². The van der Waals surface area contributed by atoms with Crippen LogP contribution in [-0.4, -0.2) is 58.1 Å². The second kappa shape index (κ2) is 11.9. The average Bonchev–Trinajstić information content (AvgIpc) is 3.34. The molecule has 0 amide bonds. The van der Waals surface area contributed by atoms with Gasteiger partial charge in [0.2, 0.25) is 5.60 Å². The number of allylic oxidation sites excluding steroid dienone is 4. The van der Waals surface area contributed by atoms with Crippen LogP contribution in [0.2, 0.25) is 0 Å². The van der Waals surface area contributed by atoms with Gasteiger partial charge in [0.05, 0.1) is 11.7 Å². The fourth-order valence-electron chi connectivity index (χ4n) is 8.61. The molecule has 11 heteroatoms. The Balaban J connectivity index is 1.29. The van der Waals surface area contributed by atoms with Gasteiger partial charge in [0.15, 0.2) is 18.1 Å². The monoisotopic (exact) mass is 663 g/mol. The first-order chi connectivity index (χ1) is 22.3. The van der Waals surface area contributed by atoms with Gasteiger partial charge in [-0.05, 0) is 98.2 Å². The number of hydrogen-bond donors (Lipinski definition) is 2. The van der Waals surface area contributed by atoms with E-state index in [1.165, 1.54) is 19.1 Å². The Morgan fingerprint density at radius 2 is 1.81 bits per heavy atom. The summed E-state index contributed by atoms with van der Waals surface area (Å²) in [7, 11) is 0. The second-order valence-electron chi connectivity index (χ2n) is 13.3. The molecule has 2 aromatic carbocycles. The number of aliphatic hydroxyl groups excluding tert-OH is 1. The molecular weight excluding hydrogens is 628 g/mol. The molecule has 4 aliphatic rings. The molecule has 8 nitrogen and oxygen atoms in total. The van der Waals surface area contributed by atoms with Gasteiger partial charge in [-0.2, -0.15) is 5.26 Å². The first-order valence-electron chi connectivity index (χ1n) is 15.5. The van der Waals surface area contributed by atoms with Crippen molar-refractivity contribution in [2.45, 2.75) is 73.7 Å². The van der Waals surface area contributed by atoms with Crippen molar-refractivity contribution in [3.8, 4) is 11.8 Å². The number of carbonyl (C=O) groups is 3. The zero-order chi connectivity index (χ0) is 33.8. The van der Waals surface area contributed by atoms with Crippen molar-refractivity contribution in [2.75, 3.05) is 6.61 Å². The SMILES string of the molecule is C[C@]12C=CC(=O)C=C1[C@@H](F)C[C@H]1[C@@H]3CC[C@@](OC(=O)c4ccc(CSc5ccc(O)cc5)cc4)(C(=O)OCC#N)[C@@]3(C)C[C@H](O)C12F. The first-order valence-corrected chi connectivity index (χ1v) is 16.5. The molecular formula is C36H35F2NO7S. The summed E-state index contributed by atoms with van der Waals surface area (Å²) in [6, 6.07) is 15.2. The molecule has 0 aromatic heterocycles. The van der Waals surface area contributed by atoms with Gasteiger partial charge in [-0.1, -0.05) is 25.1 Å². The minimum absolute atomic E-state index is 0.0135. The van der Waals surface area contributed by atoms with Crippen LogP contribution in [0.15, 0.2) is 77.2 Å². The maximum absolute atomic E-state index is 17.5. The molecule has 2 N–H and O–H groups in total. The van der Waals surface area contributed by atoms with Crippen LogP contribution in [0.1, 0.15) is 55.5 Å². The Hall–Kier alpha value is -4.01. The number of phenolic OH excluding ortho intramolecular Hbond substituents is 1. The Morgan fingerprint density at radius 3 is 2.49 bits per heavy atom. The van der Waals surface area contributed by atoms with Crippen LogP contribution in [-0.2, 0) is 24.8 Å². The van der Waals surface area contributed by atoms with Gasteiger partial charge in [0, 0.05) is 27.4 Å². The van der Waals surface area contributed by atoms with E-state index in [1.54, 1.807) is 73.3 Å². The van der Waals surface area contributed by atoms with Crippen molar-refractivity contribution in [1.29, 1.82) is 5.26 Å². The minimum atomic E-state index is -2.37. The lowest BCUT2D eigenvalue weighted by molar-refractivity contribution is -0.228. The standard InChI is InChI=1S/C36H35F2NO7S/c1-33-13-11-24(41)17-28(33)29(37)18-27-26-12-14-35(32(44)45-16-15-39,34(26,2)19-30(42)36(27,33)38)46-31(43)22-5-3-21(4-6-22)20-47-25-9-7-23(40)8-10-25/h3-11,13,17,26-27,29-30,40,42H,12,14,16,18-20H2,1-2H3/t26-,27-,29-,30-,33-,34-,35+,36?/m0/s1. The highest BCUT2D eigenvalue weighted by atomic mass is 32.2. The fourth-order valence-corrected chi connectivity index (χ4v) is 9.47. The lowest BCUT2D eigenvalue weighted by atomic mass is 9.44. The van der Waals surface area contributed by atoms with Crippen LogP contribution in [0, 0.1) is 34.0 Å². The summed E-state index contributed by atoms with van der Waals surface area (Å²) in [6.07, 6.45) is -0.263. The molecule has 0 saturated heterocycles. The molecule has 0 aliphatic heterocycles. The molecule has 4 aliphatic carbocycles. The number of fused-ring (bicyclic) bond motifs is 5. The summed E-state index contributed by atoms with van der Waals surface area (Å²) < 4.78 is 44.7. The Labute approximate surface area is 275 Å². The average molecular weight is 664 g/mol. The number of carbonyl (C=O) groups excluding carboxylic acids is 3. The highest BCUT2D eigenvalue weighted by molar-refractivity contribution is 7.98. The van der Waals surface area contributed by atoms with Crippen LogP contribution in [0.4, 0.5) is 8.78 Å². The van der Waals surface area contributed by atoms with Gasteiger partial charge in [-0.3, -0.25) is 4.79 Å². The van der Waals surface area contributed by atoms with Gasteiger partial charge in [0.25, 0.3) is 0 Å². The number of alkyl halides is 2. The quantitative estimate of drug-likeness (QED) is 0.272. The van der Waals surface area contributed by atoms with E-state index in [1.807, 2.05) is 0 Å². The normalized spacial score (nSPS) is 35.5. The Morgan fingerprint density at radius 1 is 1.11 bits per heavy atom. The second-order valence-corrected chi connectivity index (χ2v) is 14.4. The zero-order valence-electron chi connectivity index (χ0n) is 25.9. The lowest BCUT2D eigenvalue weighted by Gasteiger charge is -2.62. The number of nitriles is 1. The van der Waals surface area contributed by atoms with E-state index in [0.29, 0.717) is 5.75 Å². The highest BCUT2D eigenvalue weighted by Crippen LogP contribution is 2.70. The summed E-state index contributed by atoms with van der Waals surface area (Å²) in [5.74, 6) is -3.28. The van der Waals surface area contributed by atoms with E-state index in [9.17, 15) is 24.6 Å². The molecule has 1 unspecified atom stereocenters. The molecule has 0 spiro atoms. The zero-order valence-corrected chi connectivity index (χ0v) is 26.8. The van der Waals surface area contributed by atoms with Crippen LogP contribution in [0.3, 0.4) is 0 Å². The van der Waals surface area contributed by atoms with Gasteiger partial charge in [-0.25, -0.2) is 18.4 Å². The number of aromatic hydroxyl groups is 1. The van der Waals surface area contributed by atoms with Crippen molar-refractivity contribution >= 4 is 29.5 Å². The molecule has 3 fully saturated rings. The first kappa shape index (κ1) is 32.9. The third kappa shape index (κ3) is 5.08. The molecule has 246 valence electrons. The third-order valence-electron chi connectivity index (χ3n) is 11.0. The van der Waals surface area contributed by atoms with Crippen LogP contribution >= 0.6 is 11.8 Å². The van der Waals surface area contributed by atoms with Crippen molar-refractivity contribution in [1.82, 2.24) is 0 Å². The molecule has 2 aromatic rings. The number of hydrogen-bond acceptors (Lipinski definition) is 9. The number of ether oxygens (including phenoxy) is 2. The number of nitrogens with zero attached hydrogens (tertiary/aromatic N) is 1. The molecule has 3 saturated carbocycles. The van der Waals surface area contributed by atoms with E-state index < -0.39 is 70.5 Å². The number of rotatable bonds is 7. The van der Waals surface area contributed by atoms with E-state index in [-0.39, 0.29) is 42.6 Å². The number of aliphatic hydroxyl groups is 1. The minimum Gasteiger partial charge on any atom is -0.508 e. The van der Waals surface area contributed by atoms with Gasteiger partial charge >= 0.3 is 11.9 Å². The van der Waals surface area contributed by atoms with Crippen LogP contribution < -0.4 is 0 Å². The summed E-state index contributed by atoms with van der Waals surface area (Å²) >= 11 is 1.54. The Bertz CT molecular complexity index is 1700. The summed E-state index contributed by atoms with van der Waals surface area (Å²) in [4.78, 5) is 40.6. The highest BCUT2D eigenvalue weighted by Gasteiger charge is 2.77. The number of benzene rings is 2. The molecule has 6 rings (SSSR count). The molecule has 47 heavy (non-hydrogen) atoms. The number of phenols is 1. The molecule has 8 atom stereocenters.